The van der Waals surface area contributed by atoms with Gasteiger partial charge in [-0.3, -0.25) is 9.59 Å². The monoisotopic (exact) mass is 293 g/mol. The van der Waals surface area contributed by atoms with E-state index in [4.69, 9.17) is 4.74 Å². The van der Waals surface area contributed by atoms with Crippen molar-refractivity contribution in [3.63, 3.8) is 0 Å². The summed E-state index contributed by atoms with van der Waals surface area (Å²) in [4.78, 5) is 25.0. The maximum absolute atomic E-state index is 11.6. The van der Waals surface area contributed by atoms with Gasteiger partial charge >= 0.3 is 11.8 Å². The van der Waals surface area contributed by atoms with E-state index in [1.54, 1.807) is 7.11 Å². The Balaban J connectivity index is 2.27. The molecule has 0 saturated heterocycles. The van der Waals surface area contributed by atoms with Crippen LogP contribution in [0.4, 0.5) is 0 Å². The van der Waals surface area contributed by atoms with Gasteiger partial charge in [0.05, 0.1) is 7.11 Å². The minimum atomic E-state index is -0.600. The number of benzene rings is 1. The largest absolute Gasteiger partial charge is 0.497 e. The lowest BCUT2D eigenvalue weighted by Crippen LogP contribution is -2.42. The summed E-state index contributed by atoms with van der Waals surface area (Å²) in [5.74, 6) is -0.417. The number of likely N-dealkylation sites (N-methyl/N-ethyl adjacent to an activating group) is 1. The molecule has 21 heavy (non-hydrogen) atoms. The van der Waals surface area contributed by atoms with Crippen LogP contribution in [0, 0.1) is 0 Å². The topological polar surface area (TPSA) is 70.7 Å². The van der Waals surface area contributed by atoms with E-state index in [1.165, 1.54) is 0 Å². The molecule has 0 radical (unpaired) electrons. The molecule has 6 heteroatoms. The highest BCUT2D eigenvalue weighted by atomic mass is 16.5. The van der Waals surface area contributed by atoms with E-state index >= 15 is 0 Å². The Hall–Kier alpha value is -2.08. The second-order valence-corrected chi connectivity index (χ2v) is 4.92. The molecule has 0 unspecified atom stereocenters. The van der Waals surface area contributed by atoms with Gasteiger partial charge in [-0.15, -0.1) is 0 Å². The van der Waals surface area contributed by atoms with Gasteiger partial charge in [-0.2, -0.15) is 0 Å². The predicted octanol–water partition coefficient (Wildman–Crippen LogP) is 0.0317. The van der Waals surface area contributed by atoms with Gasteiger partial charge in [0, 0.05) is 19.6 Å². The first kappa shape index (κ1) is 17.0. The summed E-state index contributed by atoms with van der Waals surface area (Å²) < 4.78 is 5.13. The molecule has 1 aromatic carbocycles. The number of rotatable bonds is 7. The number of nitrogens with zero attached hydrogens (tertiary/aromatic N) is 1. The quantitative estimate of drug-likeness (QED) is 0.696. The molecule has 0 aromatic heterocycles. The van der Waals surface area contributed by atoms with Crippen molar-refractivity contribution >= 4 is 11.8 Å². The average molecular weight is 293 g/mol. The van der Waals surface area contributed by atoms with Gasteiger partial charge < -0.3 is 20.3 Å². The molecule has 116 valence electrons. The van der Waals surface area contributed by atoms with Gasteiger partial charge in [0.25, 0.3) is 0 Å². The van der Waals surface area contributed by atoms with Crippen LogP contribution in [0.3, 0.4) is 0 Å². The van der Waals surface area contributed by atoms with Crippen LogP contribution in [-0.2, 0) is 16.0 Å². The van der Waals surface area contributed by atoms with Crippen molar-refractivity contribution in [1.82, 2.24) is 15.5 Å². The molecule has 2 amide bonds. The molecule has 1 aromatic rings. The third-order valence-electron chi connectivity index (χ3n) is 2.88. The normalized spacial score (nSPS) is 10.3. The van der Waals surface area contributed by atoms with Crippen molar-refractivity contribution in [3.8, 4) is 5.75 Å². The van der Waals surface area contributed by atoms with Gasteiger partial charge in [0.1, 0.15) is 5.75 Å². The number of hydrogen-bond acceptors (Lipinski definition) is 4. The van der Waals surface area contributed by atoms with Crippen LogP contribution in [0.25, 0.3) is 0 Å². The van der Waals surface area contributed by atoms with Crippen LogP contribution >= 0.6 is 0 Å². The van der Waals surface area contributed by atoms with Gasteiger partial charge in [-0.25, -0.2) is 0 Å². The zero-order valence-electron chi connectivity index (χ0n) is 12.8. The molecule has 0 saturated carbocycles. The Morgan fingerprint density at radius 2 is 1.81 bits per heavy atom. The first-order valence-electron chi connectivity index (χ1n) is 6.86. The van der Waals surface area contributed by atoms with Gasteiger partial charge in [0.2, 0.25) is 0 Å². The fourth-order valence-electron chi connectivity index (χ4n) is 1.70. The number of amides is 2. The van der Waals surface area contributed by atoms with Crippen LogP contribution in [-0.4, -0.2) is 57.6 Å². The van der Waals surface area contributed by atoms with E-state index in [2.05, 4.69) is 10.6 Å². The SMILES string of the molecule is COc1cccc(CCNC(=O)C(=O)NCCN(C)C)c1. The van der Waals surface area contributed by atoms with Crippen LogP contribution in [0.1, 0.15) is 5.56 Å². The first-order chi connectivity index (χ1) is 10.0. The Morgan fingerprint density at radius 1 is 1.14 bits per heavy atom. The lowest BCUT2D eigenvalue weighted by molar-refractivity contribution is -0.139. The zero-order chi connectivity index (χ0) is 15.7. The summed E-state index contributed by atoms with van der Waals surface area (Å²) in [6.45, 7) is 1.56. The molecule has 0 aliphatic carbocycles. The highest BCUT2D eigenvalue weighted by Crippen LogP contribution is 2.12. The fourth-order valence-corrected chi connectivity index (χ4v) is 1.70. The molecule has 0 fully saturated rings. The zero-order valence-corrected chi connectivity index (χ0v) is 12.8. The van der Waals surface area contributed by atoms with E-state index in [9.17, 15) is 9.59 Å². The van der Waals surface area contributed by atoms with Crippen molar-refractivity contribution in [2.75, 3.05) is 40.8 Å². The number of carbonyl (C=O) groups excluding carboxylic acids is 2. The van der Waals surface area contributed by atoms with Gasteiger partial charge in [0.15, 0.2) is 0 Å². The molecular formula is C15H23N3O3. The second kappa shape index (κ2) is 8.97. The summed E-state index contributed by atoms with van der Waals surface area (Å²) in [6, 6.07) is 7.61. The lowest BCUT2D eigenvalue weighted by Gasteiger charge is -2.10. The molecule has 0 spiro atoms. The smallest absolute Gasteiger partial charge is 0.309 e. The van der Waals surface area contributed by atoms with E-state index < -0.39 is 11.8 Å². The first-order valence-corrected chi connectivity index (χ1v) is 6.86. The average Bonchev–Trinajstić information content (AvgIpc) is 2.46. The summed E-state index contributed by atoms with van der Waals surface area (Å²) in [6.07, 6.45) is 0.647. The standard InChI is InChI=1S/C15H23N3O3/c1-18(2)10-9-17-15(20)14(19)16-8-7-12-5-4-6-13(11-12)21-3/h4-6,11H,7-10H2,1-3H3,(H,16,19)(H,17,20). The minimum Gasteiger partial charge on any atom is -0.497 e. The molecule has 2 N–H and O–H groups in total. The van der Waals surface area contributed by atoms with Crippen molar-refractivity contribution in [3.05, 3.63) is 29.8 Å². The summed E-state index contributed by atoms with van der Waals surface area (Å²) >= 11 is 0. The predicted molar refractivity (Wildman–Crippen MR) is 81.3 cm³/mol. The molecule has 6 nitrogen and oxygen atoms in total. The van der Waals surface area contributed by atoms with Gasteiger partial charge in [-0.05, 0) is 38.2 Å². The molecule has 0 bridgehead atoms. The number of methoxy groups -OCH3 is 1. The molecule has 0 atom stereocenters. The Bertz CT molecular complexity index is 475. The second-order valence-electron chi connectivity index (χ2n) is 4.92. The molecule has 0 heterocycles. The molecule has 0 aliphatic heterocycles. The highest BCUT2D eigenvalue weighted by Gasteiger charge is 2.11. The number of carbonyl (C=O) groups is 2. The Kier molecular flexibility index (Phi) is 7.25. The van der Waals surface area contributed by atoms with Crippen LogP contribution in [0.5, 0.6) is 5.75 Å². The van der Waals surface area contributed by atoms with E-state index in [1.807, 2.05) is 43.3 Å². The minimum absolute atomic E-state index is 0.410. The Morgan fingerprint density at radius 3 is 2.43 bits per heavy atom. The maximum Gasteiger partial charge on any atom is 0.309 e. The summed E-state index contributed by atoms with van der Waals surface area (Å²) in [5, 5.41) is 5.17. The maximum atomic E-state index is 11.6. The van der Waals surface area contributed by atoms with E-state index in [0.29, 0.717) is 26.1 Å². The van der Waals surface area contributed by atoms with Crippen molar-refractivity contribution in [2.24, 2.45) is 0 Å². The molecule has 0 aliphatic rings. The van der Waals surface area contributed by atoms with Crippen LogP contribution in [0.2, 0.25) is 0 Å². The van der Waals surface area contributed by atoms with Gasteiger partial charge in [-0.1, -0.05) is 12.1 Å². The van der Waals surface area contributed by atoms with E-state index in [0.717, 1.165) is 11.3 Å². The number of ether oxygens (including phenoxy) is 1. The van der Waals surface area contributed by atoms with Crippen LogP contribution < -0.4 is 15.4 Å². The van der Waals surface area contributed by atoms with Crippen LogP contribution in [0.15, 0.2) is 24.3 Å². The highest BCUT2D eigenvalue weighted by molar-refractivity contribution is 6.35. The summed E-state index contributed by atoms with van der Waals surface area (Å²) in [5.41, 5.74) is 1.04. The Labute approximate surface area is 125 Å². The molecular weight excluding hydrogens is 270 g/mol. The van der Waals surface area contributed by atoms with Crippen molar-refractivity contribution in [1.29, 1.82) is 0 Å². The summed E-state index contributed by atoms with van der Waals surface area (Å²) in [7, 11) is 5.42. The van der Waals surface area contributed by atoms with Crippen molar-refractivity contribution in [2.45, 2.75) is 6.42 Å². The molecule has 1 rings (SSSR count). The number of hydrogen-bond donors (Lipinski definition) is 2. The third-order valence-corrected chi connectivity index (χ3v) is 2.88. The number of nitrogens with one attached hydrogen (secondary N) is 2. The lowest BCUT2D eigenvalue weighted by atomic mass is 10.1. The third kappa shape index (κ3) is 6.76. The van der Waals surface area contributed by atoms with Crippen molar-refractivity contribution < 1.29 is 14.3 Å². The van der Waals surface area contributed by atoms with E-state index in [-0.39, 0.29) is 0 Å². The fraction of sp³-hybridized carbons (Fsp3) is 0.467.